The quantitative estimate of drug-likeness (QED) is 0.879. The van der Waals surface area contributed by atoms with Crippen molar-refractivity contribution in [2.24, 2.45) is 0 Å². The van der Waals surface area contributed by atoms with Crippen LogP contribution in [0, 0.1) is 6.92 Å². The Bertz CT molecular complexity index is 717. The Morgan fingerprint density at radius 2 is 1.75 bits per heavy atom. The van der Waals surface area contributed by atoms with Crippen molar-refractivity contribution in [2.75, 3.05) is 16.3 Å². The van der Waals surface area contributed by atoms with E-state index in [4.69, 9.17) is 0 Å². The Kier molecular flexibility index (Phi) is 4.24. The number of nitrogens with zero attached hydrogens (tertiary/aromatic N) is 2. The maximum absolute atomic E-state index is 11.0. The van der Waals surface area contributed by atoms with Crippen LogP contribution in [0.1, 0.15) is 5.56 Å². The monoisotopic (exact) mass is 356 g/mol. The number of hydrogen-bond acceptors (Lipinski definition) is 5. The highest BCUT2D eigenvalue weighted by molar-refractivity contribution is 9.10. The van der Waals surface area contributed by atoms with Crippen molar-refractivity contribution in [3.05, 3.63) is 40.4 Å². The minimum atomic E-state index is -3.34. The fourth-order valence-corrected chi connectivity index (χ4v) is 2.33. The van der Waals surface area contributed by atoms with Crippen LogP contribution >= 0.6 is 15.9 Å². The molecule has 2 N–H and O–H groups in total. The van der Waals surface area contributed by atoms with Gasteiger partial charge in [-0.15, -0.1) is 10.2 Å². The highest BCUT2D eigenvalue weighted by Gasteiger charge is 2.04. The number of benzene rings is 1. The normalized spacial score (nSPS) is 11.2. The lowest BCUT2D eigenvalue weighted by molar-refractivity contribution is 0.606. The molecule has 2 rings (SSSR count). The topological polar surface area (TPSA) is 84.0 Å². The van der Waals surface area contributed by atoms with E-state index in [1.54, 1.807) is 12.1 Å². The highest BCUT2D eigenvalue weighted by Crippen LogP contribution is 2.22. The van der Waals surface area contributed by atoms with Crippen molar-refractivity contribution in [2.45, 2.75) is 6.92 Å². The van der Waals surface area contributed by atoms with Crippen molar-refractivity contribution >= 4 is 43.3 Å². The van der Waals surface area contributed by atoms with E-state index in [-0.39, 0.29) is 5.82 Å². The molecule has 20 heavy (non-hydrogen) atoms. The van der Waals surface area contributed by atoms with Gasteiger partial charge in [-0.05, 0) is 36.8 Å². The number of anilines is 3. The van der Waals surface area contributed by atoms with Gasteiger partial charge in [0.2, 0.25) is 10.0 Å². The van der Waals surface area contributed by atoms with Gasteiger partial charge in [-0.25, -0.2) is 8.42 Å². The Morgan fingerprint density at radius 1 is 1.10 bits per heavy atom. The molecular formula is C12H13BrN4O2S. The molecule has 0 spiro atoms. The molecule has 0 bridgehead atoms. The van der Waals surface area contributed by atoms with E-state index in [0.717, 1.165) is 22.0 Å². The largest absolute Gasteiger partial charge is 0.339 e. The van der Waals surface area contributed by atoms with Gasteiger partial charge in [0, 0.05) is 10.2 Å². The first-order chi connectivity index (χ1) is 9.33. The molecule has 0 saturated carbocycles. The van der Waals surface area contributed by atoms with E-state index in [0.29, 0.717) is 5.82 Å². The number of nitrogens with one attached hydrogen (secondary N) is 2. The molecule has 0 aliphatic heterocycles. The minimum absolute atomic E-state index is 0.183. The second kappa shape index (κ2) is 5.76. The average molecular weight is 357 g/mol. The number of rotatable bonds is 4. The number of aryl methyl sites for hydroxylation is 1. The van der Waals surface area contributed by atoms with Crippen molar-refractivity contribution in [1.82, 2.24) is 10.2 Å². The maximum atomic E-state index is 11.0. The molecule has 0 atom stereocenters. The molecular weight excluding hydrogens is 344 g/mol. The van der Waals surface area contributed by atoms with Gasteiger partial charge in [-0.1, -0.05) is 22.0 Å². The van der Waals surface area contributed by atoms with Crippen molar-refractivity contribution < 1.29 is 8.42 Å². The zero-order valence-electron chi connectivity index (χ0n) is 10.9. The molecule has 1 heterocycles. The summed E-state index contributed by atoms with van der Waals surface area (Å²) in [5, 5.41) is 10.8. The fourth-order valence-electron chi connectivity index (χ4n) is 1.46. The van der Waals surface area contributed by atoms with Crippen LogP contribution in [0.3, 0.4) is 0 Å². The van der Waals surface area contributed by atoms with Gasteiger partial charge in [0.05, 0.1) is 6.26 Å². The summed E-state index contributed by atoms with van der Waals surface area (Å²) in [4.78, 5) is 0. The summed E-state index contributed by atoms with van der Waals surface area (Å²) in [6.45, 7) is 2.00. The molecule has 2 aromatic rings. The minimum Gasteiger partial charge on any atom is -0.339 e. The van der Waals surface area contributed by atoms with Gasteiger partial charge in [-0.2, -0.15) is 0 Å². The van der Waals surface area contributed by atoms with E-state index >= 15 is 0 Å². The van der Waals surface area contributed by atoms with Crippen molar-refractivity contribution in [1.29, 1.82) is 0 Å². The number of halogens is 1. The lowest BCUT2D eigenvalue weighted by Gasteiger charge is -2.07. The van der Waals surface area contributed by atoms with Crippen molar-refractivity contribution in [3.8, 4) is 0 Å². The van der Waals surface area contributed by atoms with E-state index in [2.05, 4.69) is 36.2 Å². The third-order valence-corrected chi connectivity index (χ3v) is 3.83. The molecule has 1 aromatic carbocycles. The second-order valence-electron chi connectivity index (χ2n) is 4.27. The van der Waals surface area contributed by atoms with E-state index in [9.17, 15) is 8.42 Å². The third-order valence-electron chi connectivity index (χ3n) is 2.40. The summed E-state index contributed by atoms with van der Waals surface area (Å²) < 4.78 is 25.3. The predicted octanol–water partition coefficient (Wildman–Crippen LogP) is 2.66. The van der Waals surface area contributed by atoms with Gasteiger partial charge in [0.1, 0.15) is 0 Å². The van der Waals surface area contributed by atoms with Gasteiger partial charge in [-0.3, -0.25) is 4.72 Å². The SMILES string of the molecule is Cc1ccc(Nc2ccc(NS(C)(=O)=O)nn2)cc1Br. The summed E-state index contributed by atoms with van der Waals surface area (Å²) in [6.07, 6.45) is 1.06. The maximum Gasteiger partial charge on any atom is 0.231 e. The first-order valence-electron chi connectivity index (χ1n) is 5.68. The Hall–Kier alpha value is -1.67. The van der Waals surface area contributed by atoms with E-state index < -0.39 is 10.0 Å². The summed E-state index contributed by atoms with van der Waals surface area (Å²) in [5.74, 6) is 0.711. The van der Waals surface area contributed by atoms with Crippen LogP contribution < -0.4 is 10.0 Å². The van der Waals surface area contributed by atoms with Gasteiger partial charge >= 0.3 is 0 Å². The molecule has 0 amide bonds. The van der Waals surface area contributed by atoms with Crippen LogP contribution in [0.25, 0.3) is 0 Å². The predicted molar refractivity (Wildman–Crippen MR) is 82.7 cm³/mol. The molecule has 106 valence electrons. The Morgan fingerprint density at radius 3 is 2.30 bits per heavy atom. The third kappa shape index (κ3) is 4.17. The van der Waals surface area contributed by atoms with Crippen LogP contribution in [0.15, 0.2) is 34.8 Å². The van der Waals surface area contributed by atoms with Crippen LogP contribution in [0.5, 0.6) is 0 Å². The first kappa shape index (κ1) is 14.7. The summed E-state index contributed by atoms with van der Waals surface area (Å²) in [7, 11) is -3.34. The Labute approximate surface area is 125 Å². The molecule has 8 heteroatoms. The van der Waals surface area contributed by atoms with E-state index in [1.165, 1.54) is 0 Å². The van der Waals surface area contributed by atoms with Crippen LogP contribution in [0.2, 0.25) is 0 Å². The van der Waals surface area contributed by atoms with Crippen LogP contribution in [-0.4, -0.2) is 24.9 Å². The Balaban J connectivity index is 2.12. The zero-order chi connectivity index (χ0) is 14.8. The number of aromatic nitrogens is 2. The molecule has 0 aliphatic carbocycles. The fraction of sp³-hybridized carbons (Fsp3) is 0.167. The zero-order valence-corrected chi connectivity index (χ0v) is 13.3. The molecule has 1 aromatic heterocycles. The van der Waals surface area contributed by atoms with Crippen molar-refractivity contribution in [3.63, 3.8) is 0 Å². The van der Waals surface area contributed by atoms with Gasteiger partial charge < -0.3 is 5.32 Å². The lowest BCUT2D eigenvalue weighted by atomic mass is 10.2. The lowest BCUT2D eigenvalue weighted by Crippen LogP contribution is -2.11. The second-order valence-corrected chi connectivity index (χ2v) is 6.87. The van der Waals surface area contributed by atoms with Gasteiger partial charge in [0.25, 0.3) is 0 Å². The molecule has 0 aliphatic rings. The molecule has 0 saturated heterocycles. The highest BCUT2D eigenvalue weighted by atomic mass is 79.9. The number of sulfonamides is 1. The van der Waals surface area contributed by atoms with Gasteiger partial charge in [0.15, 0.2) is 11.6 Å². The first-order valence-corrected chi connectivity index (χ1v) is 8.37. The molecule has 6 nitrogen and oxygen atoms in total. The summed E-state index contributed by atoms with van der Waals surface area (Å²) in [5.41, 5.74) is 2.00. The number of hydrogen-bond donors (Lipinski definition) is 2. The summed E-state index contributed by atoms with van der Waals surface area (Å²) >= 11 is 3.45. The van der Waals surface area contributed by atoms with Crippen LogP contribution in [-0.2, 0) is 10.0 Å². The smallest absolute Gasteiger partial charge is 0.231 e. The van der Waals surface area contributed by atoms with E-state index in [1.807, 2.05) is 25.1 Å². The summed E-state index contributed by atoms with van der Waals surface area (Å²) in [6, 6.07) is 9.01. The molecule has 0 fully saturated rings. The van der Waals surface area contributed by atoms with Crippen LogP contribution in [0.4, 0.5) is 17.3 Å². The molecule has 0 unspecified atom stereocenters. The standard InChI is InChI=1S/C12H13BrN4O2S/c1-8-3-4-9(7-10(8)13)14-11-5-6-12(16-15-11)17-20(2,18)19/h3-7H,1-2H3,(H,14,15)(H,16,17). The molecule has 0 radical (unpaired) electrons. The average Bonchev–Trinajstić information content (AvgIpc) is 2.35.